The maximum atomic E-state index is 9.39. The number of nitrogens with two attached hydrogens (primary N) is 2. The van der Waals surface area contributed by atoms with Gasteiger partial charge in [-0.25, -0.2) is 5.84 Å². The lowest BCUT2D eigenvalue weighted by Gasteiger charge is -2.02. The van der Waals surface area contributed by atoms with Crippen LogP contribution in [0.5, 0.6) is 0 Å². The van der Waals surface area contributed by atoms with Gasteiger partial charge in [0.05, 0.1) is 0 Å². The van der Waals surface area contributed by atoms with Crippen LogP contribution >= 0.6 is 0 Å². The van der Waals surface area contributed by atoms with Crippen molar-refractivity contribution >= 4 is 6.41 Å². The Morgan fingerprint density at radius 3 is 2.33 bits per heavy atom. The van der Waals surface area contributed by atoms with E-state index in [4.69, 9.17) is 5.84 Å². The first-order valence-corrected chi connectivity index (χ1v) is 1.26. The van der Waals surface area contributed by atoms with E-state index in [1.165, 1.54) is 0 Å². The van der Waals surface area contributed by atoms with Crippen LogP contribution in [0.1, 0.15) is 0 Å². The largest absolute Gasteiger partial charge is 0.276 e. The summed E-state index contributed by atoms with van der Waals surface area (Å²) in [6.45, 7) is 0. The number of nitrogens with one attached hydrogen (secondary N) is 1. The van der Waals surface area contributed by atoms with E-state index in [-0.39, 0.29) is 0 Å². The van der Waals surface area contributed by atoms with Gasteiger partial charge in [-0.15, -0.1) is 0 Å². The number of carbonyl (C=O) groups excluding carboxylic acids is 1. The van der Waals surface area contributed by atoms with Crippen molar-refractivity contribution in [3.8, 4) is 0 Å². The van der Waals surface area contributed by atoms with Gasteiger partial charge >= 0.3 is 0 Å². The zero-order chi connectivity index (χ0) is 4.99. The van der Waals surface area contributed by atoms with Crippen molar-refractivity contribution in [2.45, 2.75) is 0 Å². The maximum Gasteiger partial charge on any atom is 0.239 e. The Kier molecular flexibility index (Phi) is 2.30. The molecular formula is CH6N4O. The van der Waals surface area contributed by atoms with Crippen LogP contribution in [-0.4, -0.2) is 11.5 Å². The Balaban J connectivity index is 2.96. The van der Waals surface area contributed by atoms with Crippen molar-refractivity contribution < 1.29 is 4.79 Å². The lowest BCUT2D eigenvalue weighted by atomic mass is 11.4. The molecule has 5 heteroatoms. The van der Waals surface area contributed by atoms with Gasteiger partial charge in [-0.2, -0.15) is 10.7 Å². The number of hydrogen-bond donors (Lipinski definition) is 3. The second-order valence-electron chi connectivity index (χ2n) is 0.642. The molecule has 0 bridgehead atoms. The molecule has 0 heterocycles. The van der Waals surface area contributed by atoms with Gasteiger partial charge in [0, 0.05) is 0 Å². The van der Waals surface area contributed by atoms with Crippen molar-refractivity contribution in [2.75, 3.05) is 0 Å². The zero-order valence-corrected chi connectivity index (χ0v) is 3.09. The molecule has 0 saturated heterocycles. The number of amides is 1. The van der Waals surface area contributed by atoms with Gasteiger partial charge in [0.15, 0.2) is 0 Å². The number of hydrazine groups is 3. The van der Waals surface area contributed by atoms with Gasteiger partial charge in [-0.05, 0) is 0 Å². The predicted octanol–water partition coefficient (Wildman–Crippen LogP) is -2.30. The fourth-order valence-corrected chi connectivity index (χ4v) is 0.0304. The molecule has 0 aliphatic heterocycles. The standard InChI is InChI=1S/CH6N4O/c2-4-5(3)1-6/h1,4H,2-3H2. The summed E-state index contributed by atoms with van der Waals surface area (Å²) in [5.41, 5.74) is 1.86. The van der Waals surface area contributed by atoms with E-state index in [2.05, 4.69) is 5.84 Å². The fraction of sp³-hybridized carbons (Fsp3) is 0. The lowest BCUT2D eigenvalue weighted by molar-refractivity contribution is -0.121. The Hall–Kier alpha value is -0.650. The number of carbonyl (C=O) groups is 1. The molecule has 0 aliphatic carbocycles. The van der Waals surface area contributed by atoms with E-state index in [0.29, 0.717) is 11.5 Å². The fourth-order valence-electron chi connectivity index (χ4n) is 0.0304. The predicted molar refractivity (Wildman–Crippen MR) is 19.4 cm³/mol. The maximum absolute atomic E-state index is 9.39. The quantitative estimate of drug-likeness (QED) is 0.154. The molecule has 0 radical (unpaired) electrons. The third-order valence-corrected chi connectivity index (χ3v) is 0.263. The Bertz CT molecular complexity index is 44.8. The first-order valence-electron chi connectivity index (χ1n) is 1.26. The number of nitrogens with zero attached hydrogens (tertiary/aromatic N) is 1. The summed E-state index contributed by atoms with van der Waals surface area (Å²) in [6, 6.07) is 0. The average molecular weight is 90.1 g/mol. The molecule has 0 unspecified atom stereocenters. The molecule has 0 aromatic carbocycles. The first kappa shape index (κ1) is 5.35. The topological polar surface area (TPSA) is 84.4 Å². The van der Waals surface area contributed by atoms with E-state index < -0.39 is 0 Å². The molecule has 1 amide bonds. The monoisotopic (exact) mass is 90.1 g/mol. The normalized spacial score (nSPS) is 7.67. The van der Waals surface area contributed by atoms with E-state index in [1.807, 2.05) is 5.53 Å². The van der Waals surface area contributed by atoms with Gasteiger partial charge in [0.25, 0.3) is 0 Å². The van der Waals surface area contributed by atoms with Crippen LogP contribution in [0.4, 0.5) is 0 Å². The minimum absolute atomic E-state index is 0.347. The molecular weight excluding hydrogens is 84.0 g/mol. The van der Waals surface area contributed by atoms with Gasteiger partial charge < -0.3 is 0 Å². The van der Waals surface area contributed by atoms with Crippen LogP contribution in [0.25, 0.3) is 0 Å². The molecule has 0 spiro atoms. The molecule has 0 aliphatic rings. The number of rotatable bonds is 2. The Labute approximate surface area is 34.8 Å². The molecule has 0 rings (SSSR count). The van der Waals surface area contributed by atoms with Crippen molar-refractivity contribution in [1.82, 2.24) is 10.7 Å². The minimum atomic E-state index is 0.347. The summed E-state index contributed by atoms with van der Waals surface area (Å²) in [5.74, 6) is 9.30. The molecule has 0 saturated carbocycles. The van der Waals surface area contributed by atoms with E-state index in [9.17, 15) is 4.79 Å². The Morgan fingerprint density at radius 2 is 2.33 bits per heavy atom. The first-order chi connectivity index (χ1) is 2.81. The smallest absolute Gasteiger partial charge is 0.239 e. The van der Waals surface area contributed by atoms with Crippen LogP contribution < -0.4 is 17.2 Å². The van der Waals surface area contributed by atoms with Crippen LogP contribution in [0.2, 0.25) is 0 Å². The minimum Gasteiger partial charge on any atom is -0.276 e. The molecule has 0 fully saturated rings. The van der Waals surface area contributed by atoms with E-state index >= 15 is 0 Å². The molecule has 0 atom stereocenters. The van der Waals surface area contributed by atoms with Crippen molar-refractivity contribution in [3.05, 3.63) is 0 Å². The SMILES string of the molecule is NNN(N)C=O. The molecule has 5 N–H and O–H groups in total. The van der Waals surface area contributed by atoms with Crippen LogP contribution in [0.3, 0.4) is 0 Å². The zero-order valence-electron chi connectivity index (χ0n) is 3.09. The van der Waals surface area contributed by atoms with E-state index in [0.717, 1.165) is 0 Å². The average Bonchev–Trinajstić information content (AvgIpc) is 1.65. The summed E-state index contributed by atoms with van der Waals surface area (Å²) in [4.78, 5) is 9.39. The second kappa shape index (κ2) is 2.58. The summed E-state index contributed by atoms with van der Waals surface area (Å²) in [6.07, 6.45) is 0.347. The third kappa shape index (κ3) is 1.65. The highest BCUT2D eigenvalue weighted by atomic mass is 16.2. The molecule has 0 aromatic heterocycles. The van der Waals surface area contributed by atoms with Gasteiger partial charge in [-0.3, -0.25) is 10.6 Å². The highest BCUT2D eigenvalue weighted by Crippen LogP contribution is 1.41. The highest BCUT2D eigenvalue weighted by Gasteiger charge is 1.78. The highest BCUT2D eigenvalue weighted by molar-refractivity contribution is 5.44. The van der Waals surface area contributed by atoms with Crippen LogP contribution in [-0.2, 0) is 4.79 Å². The summed E-state index contributed by atoms with van der Waals surface area (Å²) in [5, 5.41) is 0.597. The molecule has 36 valence electrons. The second-order valence-corrected chi connectivity index (χ2v) is 0.642. The van der Waals surface area contributed by atoms with Crippen molar-refractivity contribution in [3.63, 3.8) is 0 Å². The lowest BCUT2D eigenvalue weighted by Crippen LogP contribution is -2.46. The third-order valence-electron chi connectivity index (χ3n) is 0.263. The number of hydrogen-bond acceptors (Lipinski definition) is 4. The summed E-state index contributed by atoms with van der Waals surface area (Å²) in [7, 11) is 0. The molecule has 5 nitrogen and oxygen atoms in total. The van der Waals surface area contributed by atoms with Crippen molar-refractivity contribution in [1.29, 1.82) is 0 Å². The van der Waals surface area contributed by atoms with Gasteiger partial charge in [0.1, 0.15) is 0 Å². The molecule has 0 aromatic rings. The van der Waals surface area contributed by atoms with Gasteiger partial charge in [-0.1, -0.05) is 0 Å². The van der Waals surface area contributed by atoms with E-state index in [1.54, 1.807) is 0 Å². The summed E-state index contributed by atoms with van der Waals surface area (Å²) < 4.78 is 0. The van der Waals surface area contributed by atoms with Crippen LogP contribution in [0.15, 0.2) is 0 Å². The Morgan fingerprint density at radius 1 is 1.83 bits per heavy atom. The van der Waals surface area contributed by atoms with Crippen LogP contribution in [0, 0.1) is 0 Å². The van der Waals surface area contributed by atoms with Crippen molar-refractivity contribution in [2.24, 2.45) is 11.7 Å². The summed E-state index contributed by atoms with van der Waals surface area (Å²) >= 11 is 0. The molecule has 6 heavy (non-hydrogen) atoms. The van der Waals surface area contributed by atoms with Gasteiger partial charge in [0.2, 0.25) is 6.41 Å².